The number of primary amides is 1. The predicted octanol–water partition coefficient (Wildman–Crippen LogP) is 3.60. The Labute approximate surface area is 110 Å². The molecule has 0 saturated carbocycles. The van der Waals surface area contributed by atoms with Crippen LogP contribution >= 0.6 is 23.2 Å². The van der Waals surface area contributed by atoms with Crippen molar-refractivity contribution in [3.63, 3.8) is 0 Å². The third-order valence-corrected chi connectivity index (χ3v) is 3.85. The lowest BCUT2D eigenvalue weighted by Gasteiger charge is -2.34. The monoisotopic (exact) mass is 272 g/mol. The molecule has 2 rings (SSSR count). The molecule has 2 amide bonds. The first-order valence-electron chi connectivity index (χ1n) is 5.60. The molecule has 5 heteroatoms. The molecular formula is C12H14Cl2N2O. The van der Waals surface area contributed by atoms with Crippen molar-refractivity contribution in [2.24, 2.45) is 5.73 Å². The van der Waals surface area contributed by atoms with Gasteiger partial charge in [-0.2, -0.15) is 0 Å². The summed E-state index contributed by atoms with van der Waals surface area (Å²) in [5, 5.41) is 1.04. The van der Waals surface area contributed by atoms with Crippen molar-refractivity contribution in [2.45, 2.75) is 25.3 Å². The summed E-state index contributed by atoms with van der Waals surface area (Å²) in [6.45, 7) is 0.709. The van der Waals surface area contributed by atoms with Crippen molar-refractivity contribution in [3.8, 4) is 0 Å². The largest absolute Gasteiger partial charge is 0.351 e. The van der Waals surface area contributed by atoms with E-state index in [9.17, 15) is 4.79 Å². The highest BCUT2D eigenvalue weighted by Crippen LogP contribution is 2.33. The summed E-state index contributed by atoms with van der Waals surface area (Å²) in [6, 6.07) is 5.12. The number of nitrogens with two attached hydrogens (primary N) is 1. The first kappa shape index (κ1) is 12.5. The molecule has 0 radical (unpaired) electrons. The van der Waals surface area contributed by atoms with Crippen molar-refractivity contribution in [1.29, 1.82) is 0 Å². The number of carbonyl (C=O) groups is 1. The van der Waals surface area contributed by atoms with Crippen LogP contribution < -0.4 is 5.73 Å². The lowest BCUT2D eigenvalue weighted by atomic mass is 9.95. The van der Waals surface area contributed by atoms with E-state index in [0.717, 1.165) is 24.8 Å². The fourth-order valence-corrected chi connectivity index (χ4v) is 2.57. The number of urea groups is 1. The van der Waals surface area contributed by atoms with Crippen LogP contribution in [0.4, 0.5) is 4.79 Å². The average molecular weight is 273 g/mol. The van der Waals surface area contributed by atoms with Gasteiger partial charge in [0.2, 0.25) is 0 Å². The van der Waals surface area contributed by atoms with Crippen molar-refractivity contribution in [3.05, 3.63) is 33.8 Å². The Bertz CT molecular complexity index is 437. The highest BCUT2D eigenvalue weighted by Gasteiger charge is 2.26. The van der Waals surface area contributed by atoms with Crippen LogP contribution in [-0.4, -0.2) is 17.5 Å². The number of carbonyl (C=O) groups excluding carboxylic acids is 1. The molecule has 1 aromatic rings. The van der Waals surface area contributed by atoms with E-state index in [0.29, 0.717) is 16.6 Å². The van der Waals surface area contributed by atoms with Crippen LogP contribution in [0.3, 0.4) is 0 Å². The minimum atomic E-state index is -0.374. The van der Waals surface area contributed by atoms with E-state index in [-0.39, 0.29) is 12.1 Å². The lowest BCUT2D eigenvalue weighted by molar-refractivity contribution is 0.160. The summed E-state index contributed by atoms with van der Waals surface area (Å²) in [4.78, 5) is 13.1. The fraction of sp³-hybridized carbons (Fsp3) is 0.417. The molecule has 1 unspecified atom stereocenters. The van der Waals surface area contributed by atoms with Crippen molar-refractivity contribution < 1.29 is 4.79 Å². The van der Waals surface area contributed by atoms with E-state index in [1.807, 2.05) is 12.1 Å². The Balaban J connectivity index is 2.29. The fourth-order valence-electron chi connectivity index (χ4n) is 2.26. The van der Waals surface area contributed by atoms with Crippen LogP contribution in [0.1, 0.15) is 30.9 Å². The Morgan fingerprint density at radius 2 is 2.06 bits per heavy atom. The van der Waals surface area contributed by atoms with Gasteiger partial charge in [0.15, 0.2) is 0 Å². The maximum absolute atomic E-state index is 11.4. The van der Waals surface area contributed by atoms with Crippen molar-refractivity contribution in [2.75, 3.05) is 6.54 Å². The molecule has 1 aliphatic heterocycles. The third-order valence-electron chi connectivity index (χ3n) is 3.11. The van der Waals surface area contributed by atoms with Crippen LogP contribution in [0.15, 0.2) is 18.2 Å². The molecule has 0 aromatic heterocycles. The molecule has 2 N–H and O–H groups in total. The zero-order valence-corrected chi connectivity index (χ0v) is 10.8. The molecule has 0 spiro atoms. The van der Waals surface area contributed by atoms with Crippen molar-refractivity contribution >= 4 is 29.2 Å². The zero-order valence-electron chi connectivity index (χ0n) is 9.33. The summed E-state index contributed by atoms with van der Waals surface area (Å²) in [5.74, 6) is 0. The number of nitrogens with zero attached hydrogens (tertiary/aromatic N) is 1. The van der Waals surface area contributed by atoms with Crippen LogP contribution in [0.5, 0.6) is 0 Å². The van der Waals surface area contributed by atoms with Gasteiger partial charge in [0, 0.05) is 6.54 Å². The van der Waals surface area contributed by atoms with Gasteiger partial charge in [0.25, 0.3) is 0 Å². The molecule has 0 aliphatic carbocycles. The van der Waals surface area contributed by atoms with Gasteiger partial charge < -0.3 is 10.6 Å². The quantitative estimate of drug-likeness (QED) is 0.834. The lowest BCUT2D eigenvalue weighted by Crippen LogP contribution is -2.41. The van der Waals surface area contributed by atoms with Crippen LogP contribution in [0.25, 0.3) is 0 Å². The second-order valence-electron chi connectivity index (χ2n) is 4.22. The average Bonchev–Trinajstić information content (AvgIpc) is 2.32. The Morgan fingerprint density at radius 3 is 2.71 bits per heavy atom. The molecule has 92 valence electrons. The SMILES string of the molecule is NC(=O)N1CCCCC1c1ccc(Cl)c(Cl)c1. The van der Waals surface area contributed by atoms with Gasteiger partial charge in [-0.1, -0.05) is 29.3 Å². The normalized spacial score (nSPS) is 20.4. The number of piperidine rings is 1. The number of rotatable bonds is 1. The standard InChI is InChI=1S/C12H14Cl2N2O/c13-9-5-4-8(7-10(9)14)11-3-1-2-6-16(11)12(15)17/h4-5,7,11H,1-3,6H2,(H2,15,17). The Morgan fingerprint density at radius 1 is 1.29 bits per heavy atom. The molecule has 1 aromatic carbocycles. The summed E-state index contributed by atoms with van der Waals surface area (Å²) in [7, 11) is 0. The van der Waals surface area contributed by atoms with E-state index < -0.39 is 0 Å². The number of likely N-dealkylation sites (tertiary alicyclic amines) is 1. The van der Waals surface area contributed by atoms with Gasteiger partial charge in [-0.15, -0.1) is 0 Å². The summed E-state index contributed by atoms with van der Waals surface area (Å²) < 4.78 is 0. The smallest absolute Gasteiger partial charge is 0.315 e. The van der Waals surface area contributed by atoms with E-state index in [2.05, 4.69) is 0 Å². The molecule has 1 fully saturated rings. The minimum Gasteiger partial charge on any atom is -0.351 e. The van der Waals surface area contributed by atoms with Crippen molar-refractivity contribution in [1.82, 2.24) is 4.90 Å². The van der Waals surface area contributed by atoms with Gasteiger partial charge in [-0.05, 0) is 37.0 Å². The summed E-state index contributed by atoms with van der Waals surface area (Å²) in [6.07, 6.45) is 3.01. The molecule has 1 heterocycles. The number of hydrogen-bond donors (Lipinski definition) is 1. The number of amides is 2. The molecule has 1 saturated heterocycles. The third kappa shape index (κ3) is 2.67. The Kier molecular flexibility index (Phi) is 3.79. The van der Waals surface area contributed by atoms with Gasteiger partial charge in [-0.25, -0.2) is 4.79 Å². The molecular weight excluding hydrogens is 259 g/mol. The van der Waals surface area contributed by atoms with Crippen LogP contribution in [0, 0.1) is 0 Å². The van der Waals surface area contributed by atoms with Gasteiger partial charge in [0.05, 0.1) is 16.1 Å². The highest BCUT2D eigenvalue weighted by molar-refractivity contribution is 6.42. The van der Waals surface area contributed by atoms with E-state index in [1.165, 1.54) is 0 Å². The zero-order chi connectivity index (χ0) is 12.4. The maximum atomic E-state index is 11.4. The summed E-state index contributed by atoms with van der Waals surface area (Å²) >= 11 is 11.9. The van der Waals surface area contributed by atoms with E-state index in [1.54, 1.807) is 11.0 Å². The molecule has 17 heavy (non-hydrogen) atoms. The first-order valence-corrected chi connectivity index (χ1v) is 6.36. The maximum Gasteiger partial charge on any atom is 0.315 e. The number of benzene rings is 1. The predicted molar refractivity (Wildman–Crippen MR) is 69.3 cm³/mol. The van der Waals surface area contributed by atoms with Crippen LogP contribution in [-0.2, 0) is 0 Å². The topological polar surface area (TPSA) is 46.3 Å². The van der Waals surface area contributed by atoms with E-state index >= 15 is 0 Å². The second kappa shape index (κ2) is 5.15. The molecule has 3 nitrogen and oxygen atoms in total. The van der Waals surface area contributed by atoms with Gasteiger partial charge >= 0.3 is 6.03 Å². The molecule has 0 bridgehead atoms. The minimum absolute atomic E-state index is 0.0241. The second-order valence-corrected chi connectivity index (χ2v) is 5.03. The van der Waals surface area contributed by atoms with Gasteiger partial charge in [0.1, 0.15) is 0 Å². The number of hydrogen-bond acceptors (Lipinski definition) is 1. The van der Waals surface area contributed by atoms with Gasteiger partial charge in [-0.3, -0.25) is 0 Å². The number of halogens is 2. The highest BCUT2D eigenvalue weighted by atomic mass is 35.5. The Hall–Kier alpha value is -0.930. The first-order chi connectivity index (χ1) is 8.09. The molecule has 1 atom stereocenters. The van der Waals surface area contributed by atoms with E-state index in [4.69, 9.17) is 28.9 Å². The molecule has 1 aliphatic rings. The summed E-state index contributed by atoms with van der Waals surface area (Å²) in [5.41, 5.74) is 6.39. The van der Waals surface area contributed by atoms with Crippen LogP contribution in [0.2, 0.25) is 10.0 Å².